The van der Waals surface area contributed by atoms with Crippen molar-refractivity contribution in [2.75, 3.05) is 44.2 Å². The number of hydrogen-bond donors (Lipinski definition) is 1. The second-order valence-corrected chi connectivity index (χ2v) is 10.7. The van der Waals surface area contributed by atoms with Crippen LogP contribution in [0.3, 0.4) is 0 Å². The average molecular weight is 600 g/mol. The number of carbonyl (C=O) groups excluding carboxylic acids is 2. The molecule has 1 atom stereocenters. The van der Waals surface area contributed by atoms with Crippen LogP contribution in [0.4, 0.5) is 14.5 Å². The Bertz CT molecular complexity index is 1490. The van der Waals surface area contributed by atoms with Crippen LogP contribution >= 0.6 is 0 Å². The van der Waals surface area contributed by atoms with Gasteiger partial charge >= 0.3 is 0 Å². The molecule has 1 amide bonds. The van der Waals surface area contributed by atoms with Crippen LogP contribution in [0, 0.1) is 11.6 Å². The largest absolute Gasteiger partial charge is 0.457 e. The van der Waals surface area contributed by atoms with Crippen LogP contribution in [-0.2, 0) is 27.4 Å². The number of nitrogens with one attached hydrogen (secondary N) is 1. The van der Waals surface area contributed by atoms with Crippen molar-refractivity contribution in [3.8, 4) is 11.5 Å². The van der Waals surface area contributed by atoms with Gasteiger partial charge in [-0.15, -0.1) is 0 Å². The second-order valence-electron chi connectivity index (χ2n) is 10.7. The molecule has 228 valence electrons. The number of ketones is 1. The third-order valence-electron chi connectivity index (χ3n) is 7.40. The minimum absolute atomic E-state index is 0.0452. The maximum atomic E-state index is 13.4. The van der Waals surface area contributed by atoms with Gasteiger partial charge in [-0.05, 0) is 71.8 Å². The van der Waals surface area contributed by atoms with Crippen molar-refractivity contribution in [1.82, 2.24) is 10.2 Å². The summed E-state index contributed by atoms with van der Waals surface area (Å²) in [6.07, 6.45) is 0.104. The van der Waals surface area contributed by atoms with Crippen molar-refractivity contribution in [1.29, 1.82) is 0 Å². The molecule has 0 aliphatic carbocycles. The Morgan fingerprint density at radius 2 is 1.32 bits per heavy atom. The number of hydrogen-bond acceptors (Lipinski definition) is 6. The summed E-state index contributed by atoms with van der Waals surface area (Å²) in [5.41, 5.74) is 2.69. The summed E-state index contributed by atoms with van der Waals surface area (Å²) in [6.45, 7) is 3.28. The molecule has 4 aromatic rings. The SMILES string of the molecule is O=C(CN1CCN(c2ccc(F)cc2)CC1)N[C@@H](COCc1ccccc1)C(=O)Cc1ccc(Oc2ccc(F)cc2)cc1. The summed E-state index contributed by atoms with van der Waals surface area (Å²) in [6, 6.07) is 28.0. The first-order valence-electron chi connectivity index (χ1n) is 14.6. The lowest BCUT2D eigenvalue weighted by Gasteiger charge is -2.36. The van der Waals surface area contributed by atoms with Crippen LogP contribution in [0.1, 0.15) is 11.1 Å². The van der Waals surface area contributed by atoms with Crippen LogP contribution in [0.2, 0.25) is 0 Å². The lowest BCUT2D eigenvalue weighted by atomic mass is 10.0. The van der Waals surface area contributed by atoms with Crippen LogP contribution in [0.25, 0.3) is 0 Å². The van der Waals surface area contributed by atoms with Gasteiger partial charge in [0.25, 0.3) is 0 Å². The standard InChI is InChI=1S/C35H35F2N3O4/c36-28-8-12-30(13-9-28)40-20-18-39(19-21-40)23-35(42)38-33(25-43-24-27-4-2-1-3-5-27)34(41)22-26-6-14-31(15-7-26)44-32-16-10-29(37)11-17-32/h1-17,33H,18-25H2,(H,38,42)/t33-/m0/s1. The molecule has 0 bridgehead atoms. The number of ether oxygens (including phenoxy) is 2. The van der Waals surface area contributed by atoms with E-state index in [1.165, 1.54) is 24.3 Å². The van der Waals surface area contributed by atoms with Crippen LogP contribution in [-0.4, -0.2) is 62.0 Å². The van der Waals surface area contributed by atoms with E-state index in [9.17, 15) is 18.4 Å². The third kappa shape index (κ3) is 9.20. The van der Waals surface area contributed by atoms with Crippen LogP contribution < -0.4 is 15.0 Å². The van der Waals surface area contributed by atoms with Gasteiger partial charge in [0.2, 0.25) is 5.91 Å². The van der Waals surface area contributed by atoms with Gasteiger partial charge in [0.05, 0.1) is 19.8 Å². The molecule has 1 N–H and O–H groups in total. The zero-order valence-corrected chi connectivity index (χ0v) is 24.3. The Kier molecular flexibility index (Phi) is 10.7. The minimum atomic E-state index is -0.818. The number of amides is 1. The molecule has 9 heteroatoms. The predicted octanol–water partition coefficient (Wildman–Crippen LogP) is 5.39. The molecule has 0 radical (unpaired) electrons. The predicted molar refractivity (Wildman–Crippen MR) is 165 cm³/mol. The summed E-state index contributed by atoms with van der Waals surface area (Å²) in [5.74, 6) is 0.0392. The van der Waals surface area contributed by atoms with Gasteiger partial charge in [0.15, 0.2) is 5.78 Å². The molecular weight excluding hydrogens is 564 g/mol. The highest BCUT2D eigenvalue weighted by molar-refractivity contribution is 5.91. The number of halogens is 2. The van der Waals surface area contributed by atoms with Gasteiger partial charge in [0, 0.05) is 38.3 Å². The number of carbonyl (C=O) groups is 2. The van der Waals surface area contributed by atoms with Crippen molar-refractivity contribution < 1.29 is 27.8 Å². The molecule has 0 aromatic heterocycles. The number of piperazine rings is 1. The van der Waals surface area contributed by atoms with E-state index in [-0.39, 0.29) is 42.9 Å². The number of benzene rings is 4. The monoisotopic (exact) mass is 599 g/mol. The van der Waals surface area contributed by atoms with E-state index in [2.05, 4.69) is 10.2 Å². The van der Waals surface area contributed by atoms with Crippen molar-refractivity contribution in [3.63, 3.8) is 0 Å². The van der Waals surface area contributed by atoms with Crippen molar-refractivity contribution in [3.05, 3.63) is 126 Å². The van der Waals surface area contributed by atoms with Crippen LogP contribution in [0.5, 0.6) is 11.5 Å². The Morgan fingerprint density at radius 1 is 0.727 bits per heavy atom. The third-order valence-corrected chi connectivity index (χ3v) is 7.40. The Morgan fingerprint density at radius 3 is 1.95 bits per heavy atom. The highest BCUT2D eigenvalue weighted by atomic mass is 19.1. The molecule has 5 rings (SSSR count). The fraction of sp³-hybridized carbons (Fsp3) is 0.257. The van der Waals surface area contributed by atoms with E-state index >= 15 is 0 Å². The van der Waals surface area contributed by atoms with E-state index < -0.39 is 6.04 Å². The molecule has 4 aromatic carbocycles. The molecule has 0 unspecified atom stereocenters. The number of nitrogens with zero attached hydrogens (tertiary/aromatic N) is 2. The fourth-order valence-corrected chi connectivity index (χ4v) is 4.98. The molecule has 7 nitrogen and oxygen atoms in total. The molecule has 0 saturated carbocycles. The van der Waals surface area contributed by atoms with Crippen molar-refractivity contribution in [2.45, 2.75) is 19.1 Å². The Hall–Kier alpha value is -4.60. The summed E-state index contributed by atoms with van der Waals surface area (Å²) < 4.78 is 38.1. The molecule has 0 spiro atoms. The first-order valence-corrected chi connectivity index (χ1v) is 14.6. The lowest BCUT2D eigenvalue weighted by Crippen LogP contribution is -2.52. The average Bonchev–Trinajstić information content (AvgIpc) is 3.04. The molecule has 1 aliphatic rings. The molecule has 1 aliphatic heterocycles. The molecule has 44 heavy (non-hydrogen) atoms. The van der Waals surface area contributed by atoms with Crippen molar-refractivity contribution >= 4 is 17.4 Å². The normalized spacial score (nSPS) is 14.2. The summed E-state index contributed by atoms with van der Waals surface area (Å²) in [7, 11) is 0. The van der Waals surface area contributed by atoms with Crippen molar-refractivity contribution in [2.24, 2.45) is 0 Å². The quantitative estimate of drug-likeness (QED) is 0.222. The van der Waals surface area contributed by atoms with Gasteiger partial charge in [-0.1, -0.05) is 42.5 Å². The summed E-state index contributed by atoms with van der Waals surface area (Å²) in [4.78, 5) is 30.7. The first-order chi connectivity index (χ1) is 21.4. The highest BCUT2D eigenvalue weighted by Gasteiger charge is 2.24. The van der Waals surface area contributed by atoms with Gasteiger partial charge in [-0.25, -0.2) is 8.78 Å². The second kappa shape index (κ2) is 15.2. The Labute approximate surface area is 256 Å². The summed E-state index contributed by atoms with van der Waals surface area (Å²) in [5, 5.41) is 2.90. The highest BCUT2D eigenvalue weighted by Crippen LogP contribution is 2.22. The maximum Gasteiger partial charge on any atom is 0.234 e. The lowest BCUT2D eigenvalue weighted by molar-refractivity contribution is -0.129. The molecule has 1 saturated heterocycles. The summed E-state index contributed by atoms with van der Waals surface area (Å²) >= 11 is 0. The van der Waals surface area contributed by atoms with Gasteiger partial charge in [0.1, 0.15) is 29.2 Å². The zero-order chi connectivity index (χ0) is 30.7. The first kappa shape index (κ1) is 30.8. The van der Waals surface area contributed by atoms with Crippen LogP contribution in [0.15, 0.2) is 103 Å². The fourth-order valence-electron chi connectivity index (χ4n) is 4.98. The smallest absolute Gasteiger partial charge is 0.234 e. The van der Waals surface area contributed by atoms with Gasteiger partial charge in [-0.3, -0.25) is 14.5 Å². The maximum absolute atomic E-state index is 13.4. The number of anilines is 1. The van der Waals surface area contributed by atoms with E-state index in [0.717, 1.165) is 16.8 Å². The minimum Gasteiger partial charge on any atom is -0.457 e. The van der Waals surface area contributed by atoms with E-state index in [4.69, 9.17) is 9.47 Å². The molecule has 1 fully saturated rings. The topological polar surface area (TPSA) is 71.1 Å². The zero-order valence-electron chi connectivity index (χ0n) is 24.3. The molecular formula is C35H35F2N3O4. The number of Topliss-reactive ketones (excluding diaryl/α,β-unsaturated/α-hetero) is 1. The number of rotatable bonds is 13. The van der Waals surface area contributed by atoms with E-state index in [1.54, 1.807) is 48.5 Å². The van der Waals surface area contributed by atoms with E-state index in [0.29, 0.717) is 44.3 Å². The van der Waals surface area contributed by atoms with Gasteiger partial charge in [-0.2, -0.15) is 0 Å². The molecule has 1 heterocycles. The Balaban J connectivity index is 1.15. The van der Waals surface area contributed by atoms with E-state index in [1.807, 2.05) is 35.2 Å². The van der Waals surface area contributed by atoms with Gasteiger partial charge < -0.3 is 19.7 Å².